The van der Waals surface area contributed by atoms with Gasteiger partial charge in [-0.2, -0.15) is 4.31 Å². The Hall–Kier alpha value is -0.870. The van der Waals surface area contributed by atoms with Crippen LogP contribution in [0.1, 0.15) is 19.3 Å². The van der Waals surface area contributed by atoms with Crippen LogP contribution in [0.25, 0.3) is 0 Å². The molecule has 0 amide bonds. The van der Waals surface area contributed by atoms with Gasteiger partial charge in [0, 0.05) is 13.1 Å². The zero-order valence-corrected chi connectivity index (χ0v) is 9.33. The summed E-state index contributed by atoms with van der Waals surface area (Å²) >= 11 is 0. The summed E-state index contributed by atoms with van der Waals surface area (Å²) in [5, 5.41) is 0. The zero-order valence-electron chi connectivity index (χ0n) is 8.52. The fourth-order valence-corrected chi connectivity index (χ4v) is 3.31. The first kappa shape index (κ1) is 10.6. The van der Waals surface area contributed by atoms with E-state index in [1.165, 1.54) is 0 Å². The van der Waals surface area contributed by atoms with Gasteiger partial charge in [0.1, 0.15) is 0 Å². The number of piperidine rings is 1. The SMILES string of the molecule is O=S(=O)(c1cc[c]cc1)N1CCCCC1. The molecule has 0 spiro atoms. The van der Waals surface area contributed by atoms with E-state index in [1.54, 1.807) is 28.6 Å². The van der Waals surface area contributed by atoms with E-state index in [0.717, 1.165) is 19.3 Å². The van der Waals surface area contributed by atoms with Crippen LogP contribution in [0.15, 0.2) is 29.2 Å². The van der Waals surface area contributed by atoms with Crippen LogP contribution < -0.4 is 0 Å². The summed E-state index contributed by atoms with van der Waals surface area (Å²) in [4.78, 5) is 0.378. The summed E-state index contributed by atoms with van der Waals surface area (Å²) in [6.07, 6.45) is 3.07. The third kappa shape index (κ3) is 2.21. The third-order valence-electron chi connectivity index (χ3n) is 2.64. The molecule has 0 bridgehead atoms. The molecule has 81 valence electrons. The number of nitrogens with zero attached hydrogens (tertiary/aromatic N) is 1. The number of benzene rings is 1. The highest BCUT2D eigenvalue weighted by Crippen LogP contribution is 2.19. The van der Waals surface area contributed by atoms with Crippen molar-refractivity contribution >= 4 is 10.0 Å². The first-order valence-corrected chi connectivity index (χ1v) is 6.61. The predicted molar refractivity (Wildman–Crippen MR) is 57.9 cm³/mol. The quantitative estimate of drug-likeness (QED) is 0.766. The fourth-order valence-electron chi connectivity index (χ4n) is 1.80. The highest BCUT2D eigenvalue weighted by Gasteiger charge is 2.25. The number of sulfonamides is 1. The van der Waals surface area contributed by atoms with Crippen LogP contribution in [-0.4, -0.2) is 25.8 Å². The van der Waals surface area contributed by atoms with Crippen LogP contribution in [-0.2, 0) is 10.0 Å². The van der Waals surface area contributed by atoms with Gasteiger partial charge in [-0.05, 0) is 31.0 Å². The molecule has 1 aromatic rings. The molecule has 1 aromatic carbocycles. The van der Waals surface area contributed by atoms with E-state index in [1.807, 2.05) is 0 Å². The molecular formula is C11H14NO2S. The third-order valence-corrected chi connectivity index (χ3v) is 4.55. The maximum absolute atomic E-state index is 12.1. The number of hydrogen-bond donors (Lipinski definition) is 0. The lowest BCUT2D eigenvalue weighted by atomic mass is 10.2. The molecular weight excluding hydrogens is 210 g/mol. The first-order chi connectivity index (χ1) is 7.21. The van der Waals surface area contributed by atoms with Gasteiger partial charge in [0.05, 0.1) is 4.90 Å². The Balaban J connectivity index is 2.26. The summed E-state index contributed by atoms with van der Waals surface area (Å²) in [5.41, 5.74) is 0. The van der Waals surface area contributed by atoms with E-state index in [9.17, 15) is 8.42 Å². The molecule has 3 nitrogen and oxygen atoms in total. The van der Waals surface area contributed by atoms with Crippen molar-refractivity contribution in [2.45, 2.75) is 24.2 Å². The standard InChI is InChI=1S/C11H14NO2S/c13-15(14,11-7-3-1-4-8-11)12-9-5-2-6-10-12/h3-4,7-8H,2,5-6,9-10H2. The van der Waals surface area contributed by atoms with Crippen LogP contribution in [0, 0.1) is 6.07 Å². The minimum Gasteiger partial charge on any atom is -0.207 e. The normalized spacial score (nSPS) is 18.9. The summed E-state index contributed by atoms with van der Waals surface area (Å²) in [7, 11) is -3.25. The van der Waals surface area contributed by atoms with Crippen molar-refractivity contribution in [3.63, 3.8) is 0 Å². The van der Waals surface area contributed by atoms with Gasteiger partial charge >= 0.3 is 0 Å². The zero-order chi connectivity index (χ0) is 10.7. The van der Waals surface area contributed by atoms with Crippen LogP contribution in [0.5, 0.6) is 0 Å². The fraction of sp³-hybridized carbons (Fsp3) is 0.455. The molecule has 0 atom stereocenters. The Morgan fingerprint density at radius 3 is 2.27 bits per heavy atom. The van der Waals surface area contributed by atoms with Gasteiger partial charge in [-0.3, -0.25) is 0 Å². The van der Waals surface area contributed by atoms with Crippen LogP contribution in [0.3, 0.4) is 0 Å². The summed E-state index contributed by atoms with van der Waals surface area (Å²) in [6.45, 7) is 1.31. The molecule has 1 fully saturated rings. The second-order valence-electron chi connectivity index (χ2n) is 3.70. The van der Waals surface area contributed by atoms with Crippen LogP contribution in [0.4, 0.5) is 0 Å². The Morgan fingerprint density at radius 1 is 1.07 bits per heavy atom. The molecule has 0 N–H and O–H groups in total. The van der Waals surface area contributed by atoms with Gasteiger partial charge in [0.2, 0.25) is 10.0 Å². The van der Waals surface area contributed by atoms with Crippen LogP contribution in [0.2, 0.25) is 0 Å². The van der Waals surface area contributed by atoms with E-state index >= 15 is 0 Å². The van der Waals surface area contributed by atoms with Crippen molar-refractivity contribution in [2.75, 3.05) is 13.1 Å². The summed E-state index contributed by atoms with van der Waals surface area (Å²) in [6, 6.07) is 9.30. The monoisotopic (exact) mass is 224 g/mol. The average Bonchev–Trinajstić information content (AvgIpc) is 2.31. The molecule has 2 rings (SSSR count). The van der Waals surface area contributed by atoms with E-state index in [-0.39, 0.29) is 0 Å². The van der Waals surface area contributed by atoms with E-state index in [2.05, 4.69) is 6.07 Å². The first-order valence-electron chi connectivity index (χ1n) is 5.17. The Kier molecular flexibility index (Phi) is 3.07. The molecule has 1 aliphatic rings. The minimum absolute atomic E-state index is 0.378. The van der Waals surface area contributed by atoms with E-state index < -0.39 is 10.0 Å². The molecule has 1 heterocycles. The van der Waals surface area contributed by atoms with Gasteiger partial charge in [-0.25, -0.2) is 8.42 Å². The molecule has 0 saturated carbocycles. The van der Waals surface area contributed by atoms with Crippen molar-refractivity contribution in [3.8, 4) is 0 Å². The Bertz CT molecular complexity index is 407. The van der Waals surface area contributed by atoms with Gasteiger partial charge in [-0.1, -0.05) is 18.6 Å². The summed E-state index contributed by atoms with van der Waals surface area (Å²) in [5.74, 6) is 0. The Morgan fingerprint density at radius 2 is 1.67 bits per heavy atom. The lowest BCUT2D eigenvalue weighted by Crippen LogP contribution is -2.35. The molecule has 0 unspecified atom stereocenters. The predicted octanol–water partition coefficient (Wildman–Crippen LogP) is 1.66. The smallest absolute Gasteiger partial charge is 0.207 e. The lowest BCUT2D eigenvalue weighted by molar-refractivity contribution is 0.346. The van der Waals surface area contributed by atoms with Crippen molar-refractivity contribution in [3.05, 3.63) is 30.3 Å². The second-order valence-corrected chi connectivity index (χ2v) is 5.64. The molecule has 1 radical (unpaired) electrons. The van der Waals surface area contributed by atoms with Crippen molar-refractivity contribution in [1.29, 1.82) is 0 Å². The molecule has 1 aliphatic heterocycles. The second kappa shape index (κ2) is 4.33. The summed E-state index contributed by atoms with van der Waals surface area (Å²) < 4.78 is 25.8. The Labute approximate surface area is 90.8 Å². The highest BCUT2D eigenvalue weighted by atomic mass is 32.2. The molecule has 0 aliphatic carbocycles. The van der Waals surface area contributed by atoms with Crippen molar-refractivity contribution in [2.24, 2.45) is 0 Å². The maximum Gasteiger partial charge on any atom is 0.243 e. The lowest BCUT2D eigenvalue weighted by Gasteiger charge is -2.25. The molecule has 0 aromatic heterocycles. The largest absolute Gasteiger partial charge is 0.243 e. The van der Waals surface area contributed by atoms with Gasteiger partial charge in [0.25, 0.3) is 0 Å². The molecule has 1 saturated heterocycles. The highest BCUT2D eigenvalue weighted by molar-refractivity contribution is 7.89. The van der Waals surface area contributed by atoms with E-state index in [4.69, 9.17) is 0 Å². The maximum atomic E-state index is 12.1. The van der Waals surface area contributed by atoms with Crippen molar-refractivity contribution in [1.82, 2.24) is 4.31 Å². The van der Waals surface area contributed by atoms with Crippen LogP contribution >= 0.6 is 0 Å². The molecule has 15 heavy (non-hydrogen) atoms. The molecule has 4 heteroatoms. The minimum atomic E-state index is -3.25. The topological polar surface area (TPSA) is 37.4 Å². The van der Waals surface area contributed by atoms with Gasteiger partial charge < -0.3 is 0 Å². The van der Waals surface area contributed by atoms with Gasteiger partial charge in [-0.15, -0.1) is 0 Å². The number of rotatable bonds is 2. The van der Waals surface area contributed by atoms with Gasteiger partial charge in [0.15, 0.2) is 0 Å². The van der Waals surface area contributed by atoms with E-state index in [0.29, 0.717) is 18.0 Å². The number of hydrogen-bond acceptors (Lipinski definition) is 2. The van der Waals surface area contributed by atoms with Crippen molar-refractivity contribution < 1.29 is 8.42 Å². The average molecular weight is 224 g/mol.